The molecule has 3 aliphatic rings. The maximum atomic E-state index is 6.33. The number of anilines is 1. The Morgan fingerprint density at radius 1 is 1.16 bits per heavy atom. The first-order chi connectivity index (χ1) is 15.0. The molecule has 2 heterocycles. The van der Waals surface area contributed by atoms with Crippen LogP contribution in [0.15, 0.2) is 24.3 Å². The van der Waals surface area contributed by atoms with Gasteiger partial charge in [-0.15, -0.1) is 0 Å². The Bertz CT molecular complexity index is 947. The van der Waals surface area contributed by atoms with Gasteiger partial charge >= 0.3 is 0 Å². The van der Waals surface area contributed by atoms with Crippen molar-refractivity contribution in [1.29, 1.82) is 0 Å². The first-order valence-corrected chi connectivity index (χ1v) is 12.1. The third-order valence-electron chi connectivity index (χ3n) is 7.74. The fourth-order valence-corrected chi connectivity index (χ4v) is 5.81. The molecule has 2 saturated carbocycles. The molecular formula is C25H34ClN5. The summed E-state index contributed by atoms with van der Waals surface area (Å²) < 4.78 is 0. The van der Waals surface area contributed by atoms with Crippen LogP contribution in [0.4, 0.5) is 5.95 Å². The summed E-state index contributed by atoms with van der Waals surface area (Å²) in [6.45, 7) is 2.76. The van der Waals surface area contributed by atoms with Crippen LogP contribution in [-0.4, -0.2) is 48.1 Å². The zero-order valence-electron chi connectivity index (χ0n) is 18.8. The van der Waals surface area contributed by atoms with Gasteiger partial charge in [0.2, 0.25) is 5.95 Å². The maximum absolute atomic E-state index is 6.33. The van der Waals surface area contributed by atoms with E-state index in [1.165, 1.54) is 48.2 Å². The fraction of sp³-hybridized carbons (Fsp3) is 0.600. The molecule has 0 unspecified atom stereocenters. The van der Waals surface area contributed by atoms with Gasteiger partial charge in [0.1, 0.15) is 0 Å². The van der Waals surface area contributed by atoms with Gasteiger partial charge in [-0.25, -0.2) is 9.97 Å². The van der Waals surface area contributed by atoms with E-state index < -0.39 is 0 Å². The van der Waals surface area contributed by atoms with Crippen molar-refractivity contribution in [1.82, 2.24) is 14.9 Å². The monoisotopic (exact) mass is 439 g/mol. The Hall–Kier alpha value is -1.69. The van der Waals surface area contributed by atoms with Crippen molar-refractivity contribution in [3.8, 4) is 0 Å². The number of aromatic nitrogens is 2. The zero-order chi connectivity index (χ0) is 21.6. The summed E-state index contributed by atoms with van der Waals surface area (Å²) in [5.41, 5.74) is 11.7. The zero-order valence-corrected chi connectivity index (χ0v) is 19.5. The second kappa shape index (κ2) is 8.34. The molecule has 2 aromatic rings. The Morgan fingerprint density at radius 3 is 2.58 bits per heavy atom. The van der Waals surface area contributed by atoms with Gasteiger partial charge in [-0.05, 0) is 68.2 Å². The van der Waals surface area contributed by atoms with Crippen LogP contribution in [0, 0.1) is 0 Å². The van der Waals surface area contributed by atoms with E-state index in [-0.39, 0.29) is 5.41 Å². The quantitative estimate of drug-likeness (QED) is 0.753. The highest BCUT2D eigenvalue weighted by Gasteiger charge is 2.39. The van der Waals surface area contributed by atoms with E-state index in [4.69, 9.17) is 27.3 Å². The highest BCUT2D eigenvalue weighted by Crippen LogP contribution is 2.44. The average molecular weight is 440 g/mol. The summed E-state index contributed by atoms with van der Waals surface area (Å²) in [6.07, 6.45) is 8.26. The molecule has 1 aromatic heterocycles. The lowest BCUT2D eigenvalue weighted by Gasteiger charge is -2.44. The SMILES string of the molecule is CN(C)c1nc2c(c(C3CC3)n1)CCN(C1CCC(CN)(c3cccc(Cl)c3)CC1)C2. The molecule has 1 aliphatic heterocycles. The van der Waals surface area contributed by atoms with Crippen molar-refractivity contribution < 1.29 is 0 Å². The second-order valence-corrected chi connectivity index (χ2v) is 10.4. The van der Waals surface area contributed by atoms with Crippen LogP contribution in [0.25, 0.3) is 0 Å². The van der Waals surface area contributed by atoms with Crippen LogP contribution in [0.1, 0.15) is 67.0 Å². The van der Waals surface area contributed by atoms with E-state index in [1.54, 1.807) is 0 Å². The third-order valence-corrected chi connectivity index (χ3v) is 7.97. The highest BCUT2D eigenvalue weighted by molar-refractivity contribution is 6.30. The summed E-state index contributed by atoms with van der Waals surface area (Å²) in [7, 11) is 4.09. The van der Waals surface area contributed by atoms with E-state index in [9.17, 15) is 0 Å². The number of rotatable bonds is 5. The Kier molecular flexibility index (Phi) is 5.70. The normalized spacial score (nSPS) is 26.5. The standard InChI is InChI=1S/C25H34ClN5/c1-30(2)24-28-22-15-31(13-10-21(22)23(29-24)17-6-7-17)20-8-11-25(16-27,12-9-20)18-4-3-5-19(26)14-18/h3-5,14,17,20H,6-13,15-16,27H2,1-2H3. The van der Waals surface area contributed by atoms with Crippen LogP contribution < -0.4 is 10.6 Å². The molecule has 0 saturated heterocycles. The van der Waals surface area contributed by atoms with E-state index in [2.05, 4.69) is 23.1 Å². The van der Waals surface area contributed by atoms with Crippen molar-refractivity contribution >= 4 is 17.5 Å². The number of benzene rings is 1. The minimum Gasteiger partial charge on any atom is -0.347 e. The molecule has 5 nitrogen and oxygen atoms in total. The molecule has 6 heteroatoms. The van der Waals surface area contributed by atoms with Crippen LogP contribution in [0.5, 0.6) is 0 Å². The summed E-state index contributed by atoms with van der Waals surface area (Å²) in [5, 5.41) is 0.808. The number of halogens is 1. The number of nitrogens with zero attached hydrogens (tertiary/aromatic N) is 4. The molecule has 2 fully saturated rings. The van der Waals surface area contributed by atoms with Gasteiger partial charge in [-0.3, -0.25) is 4.90 Å². The van der Waals surface area contributed by atoms with Crippen molar-refractivity contribution in [2.24, 2.45) is 5.73 Å². The highest BCUT2D eigenvalue weighted by atomic mass is 35.5. The smallest absolute Gasteiger partial charge is 0.225 e. The molecular weight excluding hydrogens is 406 g/mol. The van der Waals surface area contributed by atoms with Crippen LogP contribution in [0.2, 0.25) is 5.02 Å². The average Bonchev–Trinajstić information content (AvgIpc) is 3.63. The van der Waals surface area contributed by atoms with Gasteiger partial charge in [-0.1, -0.05) is 23.7 Å². The van der Waals surface area contributed by atoms with E-state index in [1.807, 2.05) is 25.1 Å². The molecule has 166 valence electrons. The van der Waals surface area contributed by atoms with Crippen LogP contribution in [-0.2, 0) is 18.4 Å². The van der Waals surface area contributed by atoms with E-state index >= 15 is 0 Å². The third kappa shape index (κ3) is 4.08. The molecule has 31 heavy (non-hydrogen) atoms. The lowest BCUT2D eigenvalue weighted by molar-refractivity contribution is 0.111. The molecule has 0 radical (unpaired) electrons. The maximum Gasteiger partial charge on any atom is 0.225 e. The van der Waals surface area contributed by atoms with Crippen molar-refractivity contribution in [2.45, 2.75) is 68.9 Å². The molecule has 1 aromatic carbocycles. The summed E-state index contributed by atoms with van der Waals surface area (Å²) in [4.78, 5) is 14.6. The molecule has 2 N–H and O–H groups in total. The largest absolute Gasteiger partial charge is 0.347 e. The molecule has 0 bridgehead atoms. The Balaban J connectivity index is 1.32. The predicted molar refractivity (Wildman–Crippen MR) is 127 cm³/mol. The topological polar surface area (TPSA) is 58.3 Å². The molecule has 5 rings (SSSR count). The lowest BCUT2D eigenvalue weighted by atomic mass is 9.68. The summed E-state index contributed by atoms with van der Waals surface area (Å²) in [6, 6.07) is 8.93. The van der Waals surface area contributed by atoms with Gasteiger partial charge in [0, 0.05) is 56.1 Å². The van der Waals surface area contributed by atoms with E-state index in [0.29, 0.717) is 18.5 Å². The summed E-state index contributed by atoms with van der Waals surface area (Å²) in [5.74, 6) is 1.54. The van der Waals surface area contributed by atoms with Crippen molar-refractivity contribution in [3.05, 3.63) is 51.8 Å². The van der Waals surface area contributed by atoms with Gasteiger partial charge < -0.3 is 10.6 Å². The van der Waals surface area contributed by atoms with Crippen molar-refractivity contribution in [3.63, 3.8) is 0 Å². The Labute approximate surface area is 191 Å². The number of hydrogen-bond acceptors (Lipinski definition) is 5. The molecule has 0 atom stereocenters. The number of fused-ring (bicyclic) bond motifs is 1. The van der Waals surface area contributed by atoms with E-state index in [0.717, 1.165) is 43.3 Å². The van der Waals surface area contributed by atoms with Gasteiger partial charge in [0.25, 0.3) is 0 Å². The van der Waals surface area contributed by atoms with Gasteiger partial charge in [0.05, 0.1) is 11.4 Å². The Morgan fingerprint density at radius 2 is 1.94 bits per heavy atom. The minimum absolute atomic E-state index is 0.0640. The minimum atomic E-state index is 0.0640. The fourth-order valence-electron chi connectivity index (χ4n) is 5.62. The molecule has 2 aliphatic carbocycles. The van der Waals surface area contributed by atoms with Gasteiger partial charge in [-0.2, -0.15) is 0 Å². The first-order valence-electron chi connectivity index (χ1n) is 11.8. The van der Waals surface area contributed by atoms with Crippen LogP contribution in [0.3, 0.4) is 0 Å². The van der Waals surface area contributed by atoms with Gasteiger partial charge in [0.15, 0.2) is 0 Å². The second-order valence-electron chi connectivity index (χ2n) is 9.95. The first kappa shape index (κ1) is 21.2. The summed E-state index contributed by atoms with van der Waals surface area (Å²) >= 11 is 6.29. The molecule has 0 amide bonds. The predicted octanol–water partition coefficient (Wildman–Crippen LogP) is 4.27. The van der Waals surface area contributed by atoms with Crippen molar-refractivity contribution in [2.75, 3.05) is 32.1 Å². The number of hydrogen-bond donors (Lipinski definition) is 1. The van der Waals surface area contributed by atoms with Crippen LogP contribution >= 0.6 is 11.6 Å². The lowest BCUT2D eigenvalue weighted by Crippen LogP contribution is -2.47. The molecule has 0 spiro atoms. The number of nitrogens with two attached hydrogens (primary N) is 1.